The number of hydrogen-bond donors (Lipinski definition) is 2. The minimum absolute atomic E-state index is 0.761. The van der Waals surface area contributed by atoms with Crippen molar-refractivity contribution in [1.82, 2.24) is 15.6 Å². The minimum Gasteiger partial charge on any atom is -0.377 e. The fraction of sp³-hybridized carbons (Fsp3) is 0.647. The molecule has 0 fully saturated rings. The monoisotopic (exact) mass is 336 g/mol. The first kappa shape index (κ1) is 17.9. The van der Waals surface area contributed by atoms with Gasteiger partial charge in [0.25, 0.3) is 0 Å². The van der Waals surface area contributed by atoms with Gasteiger partial charge in [0.15, 0.2) is 5.96 Å². The Hall–Kier alpha value is -1.40. The topological polar surface area (TPSA) is 58.5 Å². The van der Waals surface area contributed by atoms with Gasteiger partial charge in [0.1, 0.15) is 0 Å². The van der Waals surface area contributed by atoms with Crippen LogP contribution in [0, 0.1) is 0 Å². The first-order chi connectivity index (χ1) is 11.3. The average molecular weight is 337 g/mol. The second kappa shape index (κ2) is 10.4. The number of thiazole rings is 1. The Bertz CT molecular complexity index is 524. The highest BCUT2D eigenvalue weighted by molar-refractivity contribution is 7.11. The molecule has 0 radical (unpaired) electrons. The molecule has 23 heavy (non-hydrogen) atoms. The predicted octanol–water partition coefficient (Wildman–Crippen LogP) is 2.54. The molecule has 1 aliphatic rings. The Labute approximate surface area is 143 Å². The number of hydrogen-bond acceptors (Lipinski definition) is 4. The summed E-state index contributed by atoms with van der Waals surface area (Å²) < 4.78 is 5.33. The summed E-state index contributed by atoms with van der Waals surface area (Å²) in [7, 11) is 0. The van der Waals surface area contributed by atoms with Crippen LogP contribution in [-0.2, 0) is 17.6 Å². The van der Waals surface area contributed by atoms with Gasteiger partial charge in [-0.3, -0.25) is 4.99 Å². The highest BCUT2D eigenvalue weighted by Crippen LogP contribution is 2.13. The van der Waals surface area contributed by atoms with E-state index in [0.717, 1.165) is 64.5 Å². The van der Waals surface area contributed by atoms with Gasteiger partial charge >= 0.3 is 0 Å². The molecule has 0 bridgehead atoms. The minimum atomic E-state index is 0.761. The van der Waals surface area contributed by atoms with E-state index in [-0.39, 0.29) is 0 Å². The molecule has 0 saturated heterocycles. The fourth-order valence-electron chi connectivity index (χ4n) is 2.37. The lowest BCUT2D eigenvalue weighted by Crippen LogP contribution is -2.38. The van der Waals surface area contributed by atoms with Crippen LogP contribution in [0.15, 0.2) is 22.8 Å². The third-order valence-corrected chi connectivity index (χ3v) is 4.89. The van der Waals surface area contributed by atoms with Crippen molar-refractivity contribution in [3.8, 4) is 0 Å². The van der Waals surface area contributed by atoms with Crippen LogP contribution >= 0.6 is 11.3 Å². The first-order valence-electron chi connectivity index (χ1n) is 8.53. The number of aryl methyl sites for hydroxylation is 1. The summed E-state index contributed by atoms with van der Waals surface area (Å²) >= 11 is 1.79. The smallest absolute Gasteiger partial charge is 0.191 e. The number of nitrogens with zero attached hydrogens (tertiary/aromatic N) is 2. The van der Waals surface area contributed by atoms with Crippen molar-refractivity contribution in [3.05, 3.63) is 27.7 Å². The lowest BCUT2D eigenvalue weighted by Gasteiger charge is -2.15. The van der Waals surface area contributed by atoms with Crippen molar-refractivity contribution in [3.63, 3.8) is 0 Å². The zero-order chi connectivity index (χ0) is 16.3. The van der Waals surface area contributed by atoms with Crippen LogP contribution in [0.2, 0.25) is 0 Å². The number of nitrogens with one attached hydrogen (secondary N) is 2. The van der Waals surface area contributed by atoms with Crippen molar-refractivity contribution in [2.24, 2.45) is 4.99 Å². The van der Waals surface area contributed by atoms with E-state index in [9.17, 15) is 0 Å². The Morgan fingerprint density at radius 1 is 1.35 bits per heavy atom. The molecular formula is C17H28N4OS. The van der Waals surface area contributed by atoms with Crippen molar-refractivity contribution >= 4 is 17.3 Å². The summed E-state index contributed by atoms with van der Waals surface area (Å²) in [5.74, 6) is 0.896. The van der Waals surface area contributed by atoms with Gasteiger partial charge in [-0.25, -0.2) is 4.98 Å². The molecular weight excluding hydrogens is 308 g/mol. The standard InChI is InChI=1S/C17H28N4OS/c1-3-15-13-21-16(23-15)6-10-20-17(18-4-2)19-9-5-14-7-11-22-12-8-14/h7,13H,3-6,8-12H2,1-2H3,(H2,18,19,20). The van der Waals surface area contributed by atoms with Crippen molar-refractivity contribution in [1.29, 1.82) is 0 Å². The van der Waals surface area contributed by atoms with Crippen molar-refractivity contribution in [2.45, 2.75) is 39.5 Å². The number of rotatable bonds is 8. The number of aliphatic imine (C=N–C) groups is 1. The third-order valence-electron chi connectivity index (χ3n) is 3.69. The molecule has 2 heterocycles. The molecule has 128 valence electrons. The lowest BCUT2D eigenvalue weighted by atomic mass is 10.1. The van der Waals surface area contributed by atoms with Crippen molar-refractivity contribution < 1.29 is 4.74 Å². The maximum absolute atomic E-state index is 5.33. The first-order valence-corrected chi connectivity index (χ1v) is 9.34. The fourth-order valence-corrected chi connectivity index (χ4v) is 3.22. The van der Waals surface area contributed by atoms with Crippen LogP contribution in [0.4, 0.5) is 0 Å². The number of aromatic nitrogens is 1. The molecule has 0 aromatic carbocycles. The molecule has 1 aliphatic heterocycles. The molecule has 6 heteroatoms. The van der Waals surface area contributed by atoms with Gasteiger partial charge in [-0.15, -0.1) is 11.3 Å². The van der Waals surface area contributed by atoms with Gasteiger partial charge in [0.05, 0.1) is 18.2 Å². The highest BCUT2D eigenvalue weighted by atomic mass is 32.1. The molecule has 1 aromatic heterocycles. The summed E-state index contributed by atoms with van der Waals surface area (Å²) in [5, 5.41) is 7.89. The normalized spacial score (nSPS) is 15.4. The predicted molar refractivity (Wildman–Crippen MR) is 97.3 cm³/mol. The van der Waals surface area contributed by atoms with E-state index >= 15 is 0 Å². The maximum Gasteiger partial charge on any atom is 0.191 e. The quantitative estimate of drug-likeness (QED) is 0.435. The molecule has 0 saturated carbocycles. The van der Waals surface area contributed by atoms with E-state index in [1.165, 1.54) is 15.5 Å². The highest BCUT2D eigenvalue weighted by Gasteiger charge is 2.04. The number of ether oxygens (including phenoxy) is 1. The molecule has 0 aliphatic carbocycles. The van der Waals surface area contributed by atoms with Gasteiger partial charge in [0, 0.05) is 37.1 Å². The van der Waals surface area contributed by atoms with Gasteiger partial charge in [0.2, 0.25) is 0 Å². The lowest BCUT2D eigenvalue weighted by molar-refractivity contribution is 0.153. The van der Waals surface area contributed by atoms with E-state index in [0.29, 0.717) is 0 Å². The van der Waals surface area contributed by atoms with Crippen LogP contribution in [0.25, 0.3) is 0 Å². The number of guanidine groups is 1. The zero-order valence-electron chi connectivity index (χ0n) is 14.2. The largest absolute Gasteiger partial charge is 0.377 e. The van der Waals surface area contributed by atoms with Crippen LogP contribution in [0.1, 0.15) is 36.6 Å². The molecule has 2 N–H and O–H groups in total. The average Bonchev–Trinajstić information content (AvgIpc) is 3.04. The Balaban J connectivity index is 1.73. The molecule has 1 aromatic rings. The zero-order valence-corrected chi connectivity index (χ0v) is 15.0. The summed E-state index contributed by atoms with van der Waals surface area (Å²) in [6.07, 6.45) is 8.26. The molecule has 5 nitrogen and oxygen atoms in total. The van der Waals surface area contributed by atoms with Gasteiger partial charge in [-0.05, 0) is 26.2 Å². The molecule has 0 atom stereocenters. The molecule has 0 amide bonds. The molecule has 0 spiro atoms. The molecule has 2 rings (SSSR count). The molecule has 0 unspecified atom stereocenters. The third kappa shape index (κ3) is 6.71. The van der Waals surface area contributed by atoms with Crippen LogP contribution in [-0.4, -0.2) is 43.8 Å². The summed E-state index contributed by atoms with van der Waals surface area (Å²) in [6, 6.07) is 0. The summed E-state index contributed by atoms with van der Waals surface area (Å²) in [5.41, 5.74) is 1.48. The van der Waals surface area contributed by atoms with E-state index in [1.54, 1.807) is 11.3 Å². The second-order valence-corrected chi connectivity index (χ2v) is 6.65. The van der Waals surface area contributed by atoms with Gasteiger partial charge in [-0.1, -0.05) is 18.6 Å². The summed E-state index contributed by atoms with van der Waals surface area (Å²) in [4.78, 5) is 10.4. The van der Waals surface area contributed by atoms with Gasteiger partial charge in [-0.2, -0.15) is 0 Å². The van der Waals surface area contributed by atoms with E-state index in [2.05, 4.69) is 40.5 Å². The Morgan fingerprint density at radius 3 is 2.96 bits per heavy atom. The Morgan fingerprint density at radius 2 is 2.26 bits per heavy atom. The van der Waals surface area contributed by atoms with Crippen molar-refractivity contribution in [2.75, 3.05) is 32.8 Å². The SMILES string of the molecule is CCNC(=NCCc1ncc(CC)s1)NCCC1=CCOCC1. The maximum atomic E-state index is 5.33. The van der Waals surface area contributed by atoms with E-state index in [1.807, 2.05) is 6.20 Å². The van der Waals surface area contributed by atoms with Gasteiger partial charge < -0.3 is 15.4 Å². The van der Waals surface area contributed by atoms with E-state index in [4.69, 9.17) is 4.74 Å². The second-order valence-electron chi connectivity index (χ2n) is 5.45. The van der Waals surface area contributed by atoms with Crippen LogP contribution < -0.4 is 10.6 Å². The van der Waals surface area contributed by atoms with Crippen LogP contribution in [0.3, 0.4) is 0 Å². The van der Waals surface area contributed by atoms with E-state index < -0.39 is 0 Å². The Kier molecular flexibility index (Phi) is 8.11. The van der Waals surface area contributed by atoms with Crippen LogP contribution in [0.5, 0.6) is 0 Å². The summed E-state index contributed by atoms with van der Waals surface area (Å²) in [6.45, 7) is 8.42.